The summed E-state index contributed by atoms with van der Waals surface area (Å²) in [7, 11) is 0. The molecule has 0 unspecified atom stereocenters. The quantitative estimate of drug-likeness (QED) is 0.135. The first kappa shape index (κ1) is 32.7. The van der Waals surface area contributed by atoms with E-state index < -0.39 is 42.4 Å². The third kappa shape index (κ3) is 13.9. The molecule has 0 spiro atoms. The van der Waals surface area contributed by atoms with Gasteiger partial charge < -0.3 is 31.3 Å². The van der Waals surface area contributed by atoms with Crippen molar-refractivity contribution in [1.29, 1.82) is 0 Å². The smallest absolute Gasteiger partial charge is 0.326 e. The van der Waals surface area contributed by atoms with Crippen LogP contribution in [0.2, 0.25) is 0 Å². The molecule has 2 rings (SSSR count). The molecule has 13 nitrogen and oxygen atoms in total. The number of nitrogens with zero attached hydrogens (tertiary/aromatic N) is 2. The normalized spacial score (nSPS) is 12.2. The molecule has 6 N–H and O–H groups in total. The van der Waals surface area contributed by atoms with Crippen LogP contribution in [-0.2, 0) is 32.3 Å². The minimum absolute atomic E-state index is 0.168. The zero-order chi connectivity index (χ0) is 30.0. The van der Waals surface area contributed by atoms with Gasteiger partial charge in [0.15, 0.2) is 0 Å². The number of carboxylic acids is 3. The SMILES string of the molecule is O=C(O)CC[C@H](NC(=O)N[C@@H](CCC(=O)NCCCCN(Cc1ccccc1)Cc1ccccn1)C(=O)O)C(=O)O. The Morgan fingerprint density at radius 3 is 2.00 bits per heavy atom. The first-order valence-electron chi connectivity index (χ1n) is 13.3. The van der Waals surface area contributed by atoms with Crippen molar-refractivity contribution >= 4 is 29.8 Å². The zero-order valence-electron chi connectivity index (χ0n) is 22.7. The van der Waals surface area contributed by atoms with Crippen molar-refractivity contribution < 1.29 is 39.3 Å². The lowest BCUT2D eigenvalue weighted by Gasteiger charge is -2.22. The molecular weight excluding hydrogens is 534 g/mol. The van der Waals surface area contributed by atoms with Crippen molar-refractivity contribution in [1.82, 2.24) is 25.8 Å². The number of aromatic nitrogens is 1. The van der Waals surface area contributed by atoms with Crippen molar-refractivity contribution in [3.8, 4) is 0 Å². The summed E-state index contributed by atoms with van der Waals surface area (Å²) in [6, 6.07) is 11.9. The topological polar surface area (TPSA) is 198 Å². The van der Waals surface area contributed by atoms with Crippen LogP contribution in [0, 0.1) is 0 Å². The lowest BCUT2D eigenvalue weighted by atomic mass is 10.1. The molecule has 0 aliphatic rings. The molecule has 0 saturated carbocycles. The number of pyridine rings is 1. The highest BCUT2D eigenvalue weighted by Gasteiger charge is 2.25. The van der Waals surface area contributed by atoms with Gasteiger partial charge in [-0.15, -0.1) is 0 Å². The Labute approximate surface area is 238 Å². The van der Waals surface area contributed by atoms with E-state index in [2.05, 4.69) is 32.7 Å². The summed E-state index contributed by atoms with van der Waals surface area (Å²) in [5, 5.41) is 34.1. The number of carbonyl (C=O) groups is 5. The van der Waals surface area contributed by atoms with Crippen LogP contribution in [0.4, 0.5) is 4.79 Å². The average molecular weight is 572 g/mol. The number of hydrogen-bond acceptors (Lipinski definition) is 7. The van der Waals surface area contributed by atoms with Gasteiger partial charge in [0, 0.05) is 38.7 Å². The van der Waals surface area contributed by atoms with Gasteiger partial charge in [-0.2, -0.15) is 0 Å². The second kappa shape index (κ2) is 17.9. The maximum Gasteiger partial charge on any atom is 0.326 e. The Balaban J connectivity index is 1.74. The van der Waals surface area contributed by atoms with Gasteiger partial charge in [0.25, 0.3) is 0 Å². The van der Waals surface area contributed by atoms with Gasteiger partial charge in [0.05, 0.1) is 5.69 Å². The molecule has 0 radical (unpaired) electrons. The molecule has 1 aromatic heterocycles. The molecule has 0 aliphatic heterocycles. The highest BCUT2D eigenvalue weighted by Crippen LogP contribution is 2.10. The van der Waals surface area contributed by atoms with E-state index in [1.165, 1.54) is 5.56 Å². The van der Waals surface area contributed by atoms with E-state index >= 15 is 0 Å². The van der Waals surface area contributed by atoms with Gasteiger partial charge in [-0.05, 0) is 49.9 Å². The summed E-state index contributed by atoms with van der Waals surface area (Å²) < 4.78 is 0. The van der Waals surface area contributed by atoms with Gasteiger partial charge in [0.1, 0.15) is 12.1 Å². The van der Waals surface area contributed by atoms with Crippen LogP contribution >= 0.6 is 0 Å². The van der Waals surface area contributed by atoms with Gasteiger partial charge in [-0.3, -0.25) is 19.5 Å². The number of rotatable bonds is 19. The number of unbranched alkanes of at least 4 members (excludes halogenated alkanes) is 1. The summed E-state index contributed by atoms with van der Waals surface area (Å²) in [5.41, 5.74) is 2.15. The largest absolute Gasteiger partial charge is 0.481 e. The Bertz CT molecular complexity index is 1090. The second-order valence-electron chi connectivity index (χ2n) is 9.44. The molecule has 0 saturated heterocycles. The van der Waals surface area contributed by atoms with Crippen LogP contribution in [0.5, 0.6) is 0 Å². The number of nitrogens with one attached hydrogen (secondary N) is 3. The minimum atomic E-state index is -1.50. The number of carboxylic acid groups (broad SMARTS) is 3. The predicted octanol–water partition coefficient (Wildman–Crippen LogP) is 1.83. The minimum Gasteiger partial charge on any atom is -0.481 e. The lowest BCUT2D eigenvalue weighted by Crippen LogP contribution is -2.51. The number of urea groups is 1. The fourth-order valence-corrected chi connectivity index (χ4v) is 3.97. The number of hydrogen-bond donors (Lipinski definition) is 6. The van der Waals surface area contributed by atoms with Crippen molar-refractivity contribution in [3.05, 3.63) is 66.0 Å². The highest BCUT2D eigenvalue weighted by molar-refractivity contribution is 5.86. The van der Waals surface area contributed by atoms with Crippen molar-refractivity contribution in [2.45, 2.75) is 63.7 Å². The predicted molar refractivity (Wildman–Crippen MR) is 148 cm³/mol. The molecule has 3 amide bonds. The molecule has 0 fully saturated rings. The van der Waals surface area contributed by atoms with Crippen LogP contribution in [0.15, 0.2) is 54.7 Å². The number of aliphatic carboxylic acids is 3. The first-order valence-corrected chi connectivity index (χ1v) is 13.3. The van der Waals surface area contributed by atoms with Gasteiger partial charge in [-0.1, -0.05) is 36.4 Å². The fourth-order valence-electron chi connectivity index (χ4n) is 3.97. The Morgan fingerprint density at radius 1 is 0.780 bits per heavy atom. The highest BCUT2D eigenvalue weighted by atomic mass is 16.4. The molecule has 222 valence electrons. The van der Waals surface area contributed by atoms with E-state index in [1.54, 1.807) is 6.20 Å². The summed E-state index contributed by atoms with van der Waals surface area (Å²) >= 11 is 0. The van der Waals surface area contributed by atoms with E-state index in [4.69, 9.17) is 10.2 Å². The van der Waals surface area contributed by atoms with Gasteiger partial charge in [-0.25, -0.2) is 14.4 Å². The molecule has 41 heavy (non-hydrogen) atoms. The van der Waals surface area contributed by atoms with Crippen LogP contribution in [0.1, 0.15) is 49.8 Å². The zero-order valence-corrected chi connectivity index (χ0v) is 22.7. The standard InChI is InChI=1S/C28H37N5O8/c34-24(13-11-22(26(37)38)31-28(41)32-23(27(39)40)12-14-25(35)36)30-16-6-7-17-33(18-20-8-2-1-3-9-20)19-21-10-4-5-15-29-21/h1-5,8-10,15,22-23H,6-7,11-14,16-19H2,(H,30,34)(H,35,36)(H,37,38)(H,39,40)(H2,31,32,41)/t22-,23-/m0/s1. The average Bonchev–Trinajstić information content (AvgIpc) is 2.93. The van der Waals surface area contributed by atoms with E-state index in [1.807, 2.05) is 41.7 Å². The summed E-state index contributed by atoms with van der Waals surface area (Å²) in [4.78, 5) is 64.5. The van der Waals surface area contributed by atoms with E-state index in [0.717, 1.165) is 25.2 Å². The molecular formula is C28H37N5O8. The van der Waals surface area contributed by atoms with Gasteiger partial charge >= 0.3 is 23.9 Å². The first-order chi connectivity index (χ1) is 19.6. The maximum absolute atomic E-state index is 12.3. The number of amides is 3. The monoisotopic (exact) mass is 571 g/mol. The van der Waals surface area contributed by atoms with Crippen LogP contribution in [0.3, 0.4) is 0 Å². The van der Waals surface area contributed by atoms with Crippen molar-refractivity contribution in [2.24, 2.45) is 0 Å². The Morgan fingerprint density at radius 2 is 1.41 bits per heavy atom. The summed E-state index contributed by atoms with van der Waals surface area (Å²) in [6.07, 6.45) is 2.04. The Hall–Kier alpha value is -4.52. The van der Waals surface area contributed by atoms with E-state index in [0.29, 0.717) is 19.5 Å². The van der Waals surface area contributed by atoms with E-state index in [9.17, 15) is 29.1 Å². The Kier molecular flexibility index (Phi) is 14.3. The van der Waals surface area contributed by atoms with E-state index in [-0.39, 0.29) is 25.2 Å². The molecule has 2 atom stereocenters. The van der Waals surface area contributed by atoms with Crippen molar-refractivity contribution in [2.75, 3.05) is 13.1 Å². The van der Waals surface area contributed by atoms with Crippen LogP contribution < -0.4 is 16.0 Å². The second-order valence-corrected chi connectivity index (χ2v) is 9.44. The molecule has 0 aliphatic carbocycles. The maximum atomic E-state index is 12.3. The summed E-state index contributed by atoms with van der Waals surface area (Å²) in [5.74, 6) is -4.45. The molecule has 1 heterocycles. The summed E-state index contributed by atoms with van der Waals surface area (Å²) in [6.45, 7) is 2.63. The van der Waals surface area contributed by atoms with Crippen molar-refractivity contribution in [3.63, 3.8) is 0 Å². The number of carbonyl (C=O) groups excluding carboxylic acids is 2. The molecule has 2 aromatic rings. The molecule has 0 bridgehead atoms. The third-order valence-corrected chi connectivity index (χ3v) is 6.10. The lowest BCUT2D eigenvalue weighted by molar-refractivity contribution is -0.141. The van der Waals surface area contributed by atoms with Crippen LogP contribution in [-0.4, -0.2) is 80.2 Å². The molecule has 1 aromatic carbocycles. The third-order valence-electron chi connectivity index (χ3n) is 6.10. The molecule has 13 heteroatoms. The van der Waals surface area contributed by atoms with Crippen LogP contribution in [0.25, 0.3) is 0 Å². The fraction of sp³-hybridized carbons (Fsp3) is 0.429. The van der Waals surface area contributed by atoms with Gasteiger partial charge in [0.2, 0.25) is 5.91 Å². The number of benzene rings is 1.